The molecule has 2 aromatic carbocycles. The number of esters is 1. The molecule has 7 nitrogen and oxygen atoms in total. The van der Waals surface area contributed by atoms with E-state index >= 15 is 0 Å². The summed E-state index contributed by atoms with van der Waals surface area (Å²) >= 11 is 0. The van der Waals surface area contributed by atoms with E-state index in [0.29, 0.717) is 35.3 Å². The highest BCUT2D eigenvalue weighted by atomic mass is 16.5. The van der Waals surface area contributed by atoms with Gasteiger partial charge in [0.2, 0.25) is 0 Å². The topological polar surface area (TPSA) is 90.9 Å². The van der Waals surface area contributed by atoms with Gasteiger partial charge in [-0.1, -0.05) is 26.0 Å². The Balaban J connectivity index is 2.06. The molecule has 0 saturated heterocycles. The Morgan fingerprint density at radius 3 is 2.33 bits per heavy atom. The first-order valence-electron chi connectivity index (χ1n) is 9.65. The third kappa shape index (κ3) is 6.07. The van der Waals surface area contributed by atoms with E-state index in [1.54, 1.807) is 36.4 Å². The number of carbonyl (C=O) groups excluding carboxylic acids is 3. The molecule has 1 atom stereocenters. The van der Waals surface area contributed by atoms with Crippen molar-refractivity contribution in [2.75, 3.05) is 19.0 Å². The largest absolute Gasteiger partial charge is 0.493 e. The van der Waals surface area contributed by atoms with Crippen molar-refractivity contribution in [2.45, 2.75) is 33.8 Å². The number of rotatable bonds is 9. The minimum atomic E-state index is -1.07. The lowest BCUT2D eigenvalue weighted by Crippen LogP contribution is -2.30. The monoisotopic (exact) mass is 413 g/mol. The van der Waals surface area contributed by atoms with Crippen molar-refractivity contribution in [2.24, 2.45) is 5.92 Å². The summed E-state index contributed by atoms with van der Waals surface area (Å²) in [5.74, 6) is -0.131. The number of anilines is 1. The average Bonchev–Trinajstić information content (AvgIpc) is 2.72. The summed E-state index contributed by atoms with van der Waals surface area (Å²) in [5.41, 5.74) is 0.977. The maximum absolute atomic E-state index is 12.5. The van der Waals surface area contributed by atoms with Crippen LogP contribution in [0.5, 0.6) is 11.5 Å². The van der Waals surface area contributed by atoms with Crippen LogP contribution >= 0.6 is 0 Å². The van der Waals surface area contributed by atoms with E-state index in [1.807, 2.05) is 13.8 Å². The van der Waals surface area contributed by atoms with Gasteiger partial charge < -0.3 is 19.5 Å². The Bertz CT molecular complexity index is 922. The summed E-state index contributed by atoms with van der Waals surface area (Å²) in [5, 5.41) is 2.63. The highest BCUT2D eigenvalue weighted by molar-refractivity contribution is 6.05. The van der Waals surface area contributed by atoms with Gasteiger partial charge in [-0.2, -0.15) is 0 Å². The van der Waals surface area contributed by atoms with Crippen LogP contribution in [0, 0.1) is 5.92 Å². The average molecular weight is 413 g/mol. The second-order valence-corrected chi connectivity index (χ2v) is 7.21. The fourth-order valence-electron chi connectivity index (χ4n) is 2.59. The number of nitrogens with one attached hydrogen (secondary N) is 1. The maximum Gasteiger partial charge on any atom is 0.339 e. The zero-order valence-electron chi connectivity index (χ0n) is 17.9. The van der Waals surface area contributed by atoms with Crippen molar-refractivity contribution in [1.82, 2.24) is 0 Å². The number of carbonyl (C=O) groups is 3. The van der Waals surface area contributed by atoms with Gasteiger partial charge in [-0.3, -0.25) is 9.59 Å². The number of methoxy groups -OCH3 is 1. The highest BCUT2D eigenvalue weighted by Gasteiger charge is 2.21. The van der Waals surface area contributed by atoms with Crippen LogP contribution in [-0.4, -0.2) is 37.5 Å². The van der Waals surface area contributed by atoms with Gasteiger partial charge in [0.25, 0.3) is 5.91 Å². The molecule has 2 aromatic rings. The molecule has 0 unspecified atom stereocenters. The van der Waals surface area contributed by atoms with Gasteiger partial charge in [-0.05, 0) is 50.1 Å². The van der Waals surface area contributed by atoms with Crippen molar-refractivity contribution in [3.63, 3.8) is 0 Å². The van der Waals surface area contributed by atoms with E-state index in [1.165, 1.54) is 27.0 Å². The van der Waals surface area contributed by atoms with E-state index in [0.717, 1.165) is 0 Å². The van der Waals surface area contributed by atoms with Gasteiger partial charge in [0, 0.05) is 5.56 Å². The molecule has 0 aliphatic carbocycles. The Kier molecular flexibility index (Phi) is 7.98. The summed E-state index contributed by atoms with van der Waals surface area (Å²) in [7, 11) is 1.48. The van der Waals surface area contributed by atoms with Crippen LogP contribution in [0.25, 0.3) is 0 Å². The van der Waals surface area contributed by atoms with Crippen molar-refractivity contribution in [1.29, 1.82) is 0 Å². The molecule has 0 fully saturated rings. The predicted octanol–water partition coefficient (Wildman–Crippen LogP) is 4.12. The standard InChI is InChI=1S/C23H27NO6/c1-14(2)13-29-20-11-10-17(12-21(20)28-5)23(27)30-16(4)22(26)24-19-9-7-6-8-18(19)15(3)25/h6-12,14,16H,13H2,1-5H3,(H,24,26)/t16-/m0/s1. The first kappa shape index (κ1) is 22.9. The van der Waals surface area contributed by atoms with Crippen molar-refractivity contribution in [3.8, 4) is 11.5 Å². The number of ether oxygens (including phenoxy) is 3. The first-order valence-corrected chi connectivity index (χ1v) is 9.65. The van der Waals surface area contributed by atoms with E-state index in [4.69, 9.17) is 14.2 Å². The number of para-hydroxylation sites is 1. The van der Waals surface area contributed by atoms with Crippen molar-refractivity contribution >= 4 is 23.3 Å². The molecule has 0 aliphatic heterocycles. The number of hydrogen-bond donors (Lipinski definition) is 1. The molecule has 30 heavy (non-hydrogen) atoms. The summed E-state index contributed by atoms with van der Waals surface area (Å²) < 4.78 is 16.2. The van der Waals surface area contributed by atoms with Gasteiger partial charge in [0.1, 0.15) is 0 Å². The van der Waals surface area contributed by atoms with Gasteiger partial charge in [-0.15, -0.1) is 0 Å². The lowest BCUT2D eigenvalue weighted by Gasteiger charge is -2.16. The third-order valence-corrected chi connectivity index (χ3v) is 4.19. The molecule has 2 rings (SSSR count). The zero-order chi connectivity index (χ0) is 22.3. The smallest absolute Gasteiger partial charge is 0.339 e. The number of ketones is 1. The Morgan fingerprint density at radius 2 is 1.70 bits per heavy atom. The third-order valence-electron chi connectivity index (χ3n) is 4.19. The molecule has 1 N–H and O–H groups in total. The quantitative estimate of drug-likeness (QED) is 0.491. The van der Waals surface area contributed by atoms with E-state index in [-0.39, 0.29) is 11.3 Å². The Labute approximate surface area is 176 Å². The van der Waals surface area contributed by atoms with Gasteiger partial charge in [0.15, 0.2) is 23.4 Å². The second-order valence-electron chi connectivity index (χ2n) is 7.21. The van der Waals surface area contributed by atoms with Crippen LogP contribution in [-0.2, 0) is 9.53 Å². The van der Waals surface area contributed by atoms with E-state index in [2.05, 4.69) is 5.32 Å². The molecule has 160 valence electrons. The van der Waals surface area contributed by atoms with Crippen LogP contribution in [0.15, 0.2) is 42.5 Å². The van der Waals surface area contributed by atoms with Crippen LogP contribution in [0.3, 0.4) is 0 Å². The fraction of sp³-hybridized carbons (Fsp3) is 0.348. The number of hydrogen-bond acceptors (Lipinski definition) is 6. The molecular weight excluding hydrogens is 386 g/mol. The van der Waals surface area contributed by atoms with Gasteiger partial charge >= 0.3 is 5.97 Å². The van der Waals surface area contributed by atoms with Gasteiger partial charge in [-0.25, -0.2) is 4.79 Å². The first-order chi connectivity index (χ1) is 14.2. The molecule has 0 saturated carbocycles. The van der Waals surface area contributed by atoms with E-state index < -0.39 is 18.0 Å². The molecule has 0 aliphatic rings. The predicted molar refractivity (Wildman–Crippen MR) is 113 cm³/mol. The minimum absolute atomic E-state index is 0.178. The molecule has 0 heterocycles. The highest BCUT2D eigenvalue weighted by Crippen LogP contribution is 2.29. The zero-order valence-corrected chi connectivity index (χ0v) is 17.9. The van der Waals surface area contributed by atoms with Crippen LogP contribution in [0.2, 0.25) is 0 Å². The van der Waals surface area contributed by atoms with Crippen molar-refractivity contribution in [3.05, 3.63) is 53.6 Å². The number of amides is 1. The van der Waals surface area contributed by atoms with Crippen LogP contribution in [0.4, 0.5) is 5.69 Å². The SMILES string of the molecule is COc1cc(C(=O)O[C@@H](C)C(=O)Nc2ccccc2C(C)=O)ccc1OCC(C)C. The maximum atomic E-state index is 12.5. The summed E-state index contributed by atoms with van der Waals surface area (Å²) in [4.78, 5) is 36.6. The second kappa shape index (κ2) is 10.4. The fourth-order valence-corrected chi connectivity index (χ4v) is 2.59. The summed E-state index contributed by atoms with van der Waals surface area (Å²) in [6.45, 7) is 7.44. The lowest BCUT2D eigenvalue weighted by molar-refractivity contribution is -0.123. The minimum Gasteiger partial charge on any atom is -0.493 e. The van der Waals surface area contributed by atoms with Crippen LogP contribution in [0.1, 0.15) is 48.4 Å². The molecular formula is C23H27NO6. The molecule has 0 spiro atoms. The molecule has 1 amide bonds. The summed E-state index contributed by atoms with van der Waals surface area (Å²) in [6.07, 6.45) is -1.07. The van der Waals surface area contributed by atoms with Gasteiger partial charge in [0.05, 0.1) is 25.0 Å². The van der Waals surface area contributed by atoms with Crippen LogP contribution < -0.4 is 14.8 Å². The Hall–Kier alpha value is -3.35. The summed E-state index contributed by atoms with van der Waals surface area (Å²) in [6, 6.07) is 11.3. The Morgan fingerprint density at radius 1 is 1.00 bits per heavy atom. The normalized spacial score (nSPS) is 11.5. The lowest BCUT2D eigenvalue weighted by atomic mass is 10.1. The van der Waals surface area contributed by atoms with Crippen molar-refractivity contribution < 1.29 is 28.6 Å². The van der Waals surface area contributed by atoms with E-state index in [9.17, 15) is 14.4 Å². The molecule has 7 heteroatoms. The molecule has 0 aromatic heterocycles. The number of benzene rings is 2. The number of Topliss-reactive ketones (excluding diaryl/α,β-unsaturated/α-hetero) is 1. The molecule has 0 bridgehead atoms. The molecule has 0 radical (unpaired) electrons.